The number of aromatic nitrogens is 2. The molecule has 3 fully saturated rings. The van der Waals surface area contributed by atoms with Crippen molar-refractivity contribution in [2.75, 3.05) is 25.4 Å². The second kappa shape index (κ2) is 5.25. The first-order valence-corrected chi connectivity index (χ1v) is 8.54. The minimum absolute atomic E-state index is 0.00308. The molecule has 6 heteroatoms. The number of thioether (sulfide) groups is 1. The van der Waals surface area contributed by atoms with Crippen molar-refractivity contribution in [2.45, 2.75) is 30.1 Å². The van der Waals surface area contributed by atoms with Crippen LogP contribution in [0.2, 0.25) is 0 Å². The van der Waals surface area contributed by atoms with Gasteiger partial charge in [-0.25, -0.2) is 4.98 Å². The zero-order valence-corrected chi connectivity index (χ0v) is 12.7. The van der Waals surface area contributed by atoms with Crippen LogP contribution in [-0.2, 0) is 4.74 Å². The highest BCUT2D eigenvalue weighted by atomic mass is 32.2. The van der Waals surface area contributed by atoms with E-state index in [0.29, 0.717) is 11.8 Å². The molecule has 0 aromatic carbocycles. The predicted molar refractivity (Wildman–Crippen MR) is 80.2 cm³/mol. The molecule has 1 aromatic rings. The van der Waals surface area contributed by atoms with E-state index < -0.39 is 0 Å². The summed E-state index contributed by atoms with van der Waals surface area (Å²) in [6.45, 7) is 2.57. The van der Waals surface area contributed by atoms with Crippen molar-refractivity contribution in [3.05, 3.63) is 24.3 Å². The molecule has 1 saturated carbocycles. The molecular formula is C15H19N3O2S. The lowest BCUT2D eigenvalue weighted by Gasteiger charge is -2.47. The lowest BCUT2D eigenvalue weighted by atomic mass is 9.92. The van der Waals surface area contributed by atoms with Gasteiger partial charge in [0.1, 0.15) is 5.69 Å². The van der Waals surface area contributed by atoms with E-state index in [1.54, 1.807) is 12.4 Å². The Balaban J connectivity index is 1.29. The van der Waals surface area contributed by atoms with Crippen LogP contribution in [0.25, 0.3) is 0 Å². The van der Waals surface area contributed by atoms with Crippen molar-refractivity contribution < 1.29 is 9.53 Å². The standard InChI is InChI=1S/C15H19N3O2S/c19-14(13-6-16-3-4-17-13)18-9-15(10-18)5-12(8-21-15)20-7-11-1-2-11/h3-4,6,11-12H,1-2,5,7-10H2. The molecule has 0 bridgehead atoms. The van der Waals surface area contributed by atoms with Gasteiger partial charge in [0.25, 0.3) is 5.91 Å². The molecule has 112 valence electrons. The first kappa shape index (κ1) is 13.5. The Morgan fingerprint density at radius 2 is 2.29 bits per heavy atom. The second-order valence-corrected chi connectivity index (χ2v) is 7.84. The summed E-state index contributed by atoms with van der Waals surface area (Å²) >= 11 is 1.97. The molecule has 1 aliphatic carbocycles. The third kappa shape index (κ3) is 2.79. The number of carbonyl (C=O) groups is 1. The zero-order valence-electron chi connectivity index (χ0n) is 11.9. The monoisotopic (exact) mass is 305 g/mol. The summed E-state index contributed by atoms with van der Waals surface area (Å²) in [7, 11) is 0. The summed E-state index contributed by atoms with van der Waals surface area (Å²) in [4.78, 5) is 22.2. The topological polar surface area (TPSA) is 55.3 Å². The zero-order chi connectivity index (χ0) is 14.3. The van der Waals surface area contributed by atoms with Gasteiger partial charge in [-0.05, 0) is 25.2 Å². The van der Waals surface area contributed by atoms with Gasteiger partial charge >= 0.3 is 0 Å². The highest BCUT2D eigenvalue weighted by Gasteiger charge is 2.51. The molecule has 4 rings (SSSR count). The molecule has 0 radical (unpaired) electrons. The number of hydrogen-bond acceptors (Lipinski definition) is 5. The van der Waals surface area contributed by atoms with Crippen molar-refractivity contribution >= 4 is 17.7 Å². The van der Waals surface area contributed by atoms with Gasteiger partial charge in [0.05, 0.1) is 17.0 Å². The van der Waals surface area contributed by atoms with Gasteiger partial charge in [0.2, 0.25) is 0 Å². The molecule has 5 nitrogen and oxygen atoms in total. The molecule has 1 atom stereocenters. The number of ether oxygens (including phenoxy) is 1. The van der Waals surface area contributed by atoms with Crippen LogP contribution in [0.4, 0.5) is 0 Å². The van der Waals surface area contributed by atoms with Crippen LogP contribution in [0, 0.1) is 5.92 Å². The van der Waals surface area contributed by atoms with Gasteiger partial charge in [-0.1, -0.05) is 0 Å². The number of likely N-dealkylation sites (tertiary alicyclic amines) is 1. The Morgan fingerprint density at radius 3 is 3.00 bits per heavy atom. The fraction of sp³-hybridized carbons (Fsp3) is 0.667. The van der Waals surface area contributed by atoms with Gasteiger partial charge in [-0.2, -0.15) is 0 Å². The maximum absolute atomic E-state index is 12.3. The highest BCUT2D eigenvalue weighted by Crippen LogP contribution is 2.46. The molecule has 1 unspecified atom stereocenters. The van der Waals surface area contributed by atoms with Crippen molar-refractivity contribution in [1.29, 1.82) is 0 Å². The quantitative estimate of drug-likeness (QED) is 0.846. The first-order valence-electron chi connectivity index (χ1n) is 7.55. The van der Waals surface area contributed by atoms with Gasteiger partial charge in [-0.3, -0.25) is 9.78 Å². The summed E-state index contributed by atoms with van der Waals surface area (Å²) in [6, 6.07) is 0. The molecule has 1 spiro atoms. The lowest BCUT2D eigenvalue weighted by Crippen LogP contribution is -2.60. The maximum atomic E-state index is 12.3. The van der Waals surface area contributed by atoms with Crippen LogP contribution >= 0.6 is 11.8 Å². The molecule has 3 heterocycles. The lowest BCUT2D eigenvalue weighted by molar-refractivity contribution is 0.0284. The third-order valence-corrected chi connectivity index (χ3v) is 6.04. The van der Waals surface area contributed by atoms with Gasteiger partial charge in [0, 0.05) is 37.8 Å². The maximum Gasteiger partial charge on any atom is 0.274 e. The molecule has 1 aromatic heterocycles. The fourth-order valence-corrected chi connectivity index (χ4v) is 4.60. The molecule has 21 heavy (non-hydrogen) atoms. The van der Waals surface area contributed by atoms with Crippen molar-refractivity contribution in [3.63, 3.8) is 0 Å². The van der Waals surface area contributed by atoms with E-state index in [-0.39, 0.29) is 10.7 Å². The van der Waals surface area contributed by atoms with Crippen molar-refractivity contribution in [2.24, 2.45) is 5.92 Å². The Morgan fingerprint density at radius 1 is 1.43 bits per heavy atom. The SMILES string of the molecule is O=C(c1cnccn1)N1CC2(CC(OCC3CC3)CS2)C1. The minimum atomic E-state index is -0.00308. The fourth-order valence-electron chi connectivity index (χ4n) is 3.05. The van der Waals surface area contributed by atoms with Gasteiger partial charge < -0.3 is 9.64 Å². The van der Waals surface area contributed by atoms with E-state index in [9.17, 15) is 4.79 Å². The van der Waals surface area contributed by atoms with Crippen LogP contribution in [0.3, 0.4) is 0 Å². The van der Waals surface area contributed by atoms with E-state index in [1.807, 2.05) is 16.7 Å². The predicted octanol–water partition coefficient (Wildman–Crippen LogP) is 1.60. The molecule has 1 amide bonds. The molecule has 2 aliphatic heterocycles. The van der Waals surface area contributed by atoms with Crippen molar-refractivity contribution in [3.8, 4) is 0 Å². The Bertz CT molecular complexity index is 529. The molecule has 0 N–H and O–H groups in total. The summed E-state index contributed by atoms with van der Waals surface area (Å²) < 4.78 is 6.22. The average molecular weight is 305 g/mol. The second-order valence-electron chi connectivity index (χ2n) is 6.35. The van der Waals surface area contributed by atoms with Crippen LogP contribution in [0.5, 0.6) is 0 Å². The number of hydrogen-bond donors (Lipinski definition) is 0. The molecule has 3 aliphatic rings. The van der Waals surface area contributed by atoms with E-state index in [1.165, 1.54) is 19.0 Å². The summed E-state index contributed by atoms with van der Waals surface area (Å²) in [5.41, 5.74) is 0.442. The minimum Gasteiger partial charge on any atom is -0.377 e. The normalized spacial score (nSPS) is 26.9. The first-order chi connectivity index (χ1) is 10.2. The highest BCUT2D eigenvalue weighted by molar-refractivity contribution is 8.01. The van der Waals surface area contributed by atoms with Gasteiger partial charge in [-0.15, -0.1) is 11.8 Å². The van der Waals surface area contributed by atoms with E-state index in [4.69, 9.17) is 4.74 Å². The third-order valence-electron chi connectivity index (χ3n) is 4.47. The van der Waals surface area contributed by atoms with Crippen LogP contribution in [0.15, 0.2) is 18.6 Å². The number of carbonyl (C=O) groups excluding carboxylic acids is 1. The average Bonchev–Trinajstić information content (AvgIpc) is 3.22. The number of amides is 1. The van der Waals surface area contributed by atoms with Gasteiger partial charge in [0.15, 0.2) is 0 Å². The van der Waals surface area contributed by atoms with E-state index >= 15 is 0 Å². The van der Waals surface area contributed by atoms with E-state index in [0.717, 1.165) is 37.8 Å². The smallest absolute Gasteiger partial charge is 0.274 e. The number of rotatable bonds is 4. The Labute approximate surface area is 128 Å². The largest absolute Gasteiger partial charge is 0.377 e. The van der Waals surface area contributed by atoms with Crippen LogP contribution in [0.1, 0.15) is 29.8 Å². The van der Waals surface area contributed by atoms with Crippen molar-refractivity contribution in [1.82, 2.24) is 14.9 Å². The Kier molecular flexibility index (Phi) is 3.38. The van der Waals surface area contributed by atoms with Crippen LogP contribution < -0.4 is 0 Å². The van der Waals surface area contributed by atoms with E-state index in [2.05, 4.69) is 9.97 Å². The molecular weight excluding hydrogens is 286 g/mol. The summed E-state index contributed by atoms with van der Waals surface area (Å²) in [5, 5.41) is 0. The Hall–Kier alpha value is -1.14. The summed E-state index contributed by atoms with van der Waals surface area (Å²) in [5.74, 6) is 1.89. The number of nitrogens with zero attached hydrogens (tertiary/aromatic N) is 3. The summed E-state index contributed by atoms with van der Waals surface area (Å²) in [6.07, 6.45) is 8.82. The molecule has 2 saturated heterocycles. The van der Waals surface area contributed by atoms with Crippen LogP contribution in [-0.4, -0.2) is 57.1 Å².